The predicted octanol–water partition coefficient (Wildman–Crippen LogP) is 4.65. The minimum absolute atomic E-state index is 0.00109. The Morgan fingerprint density at radius 2 is 1.86 bits per heavy atom. The van der Waals surface area contributed by atoms with Crippen molar-refractivity contribution >= 4 is 57.3 Å². The Hall–Kier alpha value is -1.94. The van der Waals surface area contributed by atoms with Crippen molar-refractivity contribution in [2.45, 2.75) is 15.0 Å². The van der Waals surface area contributed by atoms with Gasteiger partial charge in [-0.2, -0.15) is 5.10 Å². The van der Waals surface area contributed by atoms with Gasteiger partial charge >= 0.3 is 0 Å². The van der Waals surface area contributed by atoms with E-state index < -0.39 is 0 Å². The SMILES string of the molecule is CN(C)c1ccc([C@@H]2NN=C(N)S[C@@H]2Sc2nnc(-c3ccccc3Cl)s2)cc1. The summed E-state index contributed by atoms with van der Waals surface area (Å²) in [5.74, 6) is 0. The summed E-state index contributed by atoms with van der Waals surface area (Å²) < 4.78 is 0.939. The topological polar surface area (TPSA) is 79.4 Å². The molecule has 0 amide bonds. The number of anilines is 1. The fraction of sp³-hybridized carbons (Fsp3) is 0.211. The fourth-order valence-electron chi connectivity index (χ4n) is 2.81. The van der Waals surface area contributed by atoms with Gasteiger partial charge in [0.1, 0.15) is 5.01 Å². The van der Waals surface area contributed by atoms with Crippen molar-refractivity contribution in [1.29, 1.82) is 0 Å². The zero-order valence-electron chi connectivity index (χ0n) is 15.7. The fourth-order valence-corrected chi connectivity index (χ4v) is 6.73. The summed E-state index contributed by atoms with van der Waals surface area (Å²) >= 11 is 11.0. The number of hydrazone groups is 1. The van der Waals surface area contributed by atoms with Gasteiger partial charge in [-0.05, 0) is 23.8 Å². The lowest BCUT2D eigenvalue weighted by molar-refractivity contribution is 0.592. The molecule has 0 unspecified atom stereocenters. The summed E-state index contributed by atoms with van der Waals surface area (Å²) in [6, 6.07) is 16.1. The van der Waals surface area contributed by atoms with E-state index in [1.165, 1.54) is 23.1 Å². The van der Waals surface area contributed by atoms with Gasteiger partial charge in [0, 0.05) is 25.3 Å². The molecule has 2 heterocycles. The van der Waals surface area contributed by atoms with Crippen LogP contribution in [0.3, 0.4) is 0 Å². The van der Waals surface area contributed by atoms with Gasteiger partial charge in [-0.3, -0.25) is 5.43 Å². The van der Waals surface area contributed by atoms with Crippen LogP contribution in [0.25, 0.3) is 10.6 Å². The van der Waals surface area contributed by atoms with Crippen LogP contribution >= 0.6 is 46.5 Å². The summed E-state index contributed by atoms with van der Waals surface area (Å²) in [5, 5.41) is 14.9. The number of amidine groups is 1. The van der Waals surface area contributed by atoms with E-state index in [1.54, 1.807) is 11.8 Å². The molecule has 150 valence electrons. The molecule has 1 aliphatic heterocycles. The molecule has 0 saturated carbocycles. The van der Waals surface area contributed by atoms with Crippen LogP contribution in [0, 0.1) is 0 Å². The molecule has 0 saturated heterocycles. The number of halogens is 1. The van der Waals surface area contributed by atoms with Crippen LogP contribution in [0.15, 0.2) is 58.0 Å². The van der Waals surface area contributed by atoms with E-state index in [0.717, 1.165) is 26.2 Å². The van der Waals surface area contributed by atoms with Crippen molar-refractivity contribution in [2.24, 2.45) is 10.8 Å². The van der Waals surface area contributed by atoms with Gasteiger partial charge in [0.15, 0.2) is 9.51 Å². The summed E-state index contributed by atoms with van der Waals surface area (Å²) in [6.07, 6.45) is 0. The van der Waals surface area contributed by atoms with E-state index in [2.05, 4.69) is 49.9 Å². The first-order chi connectivity index (χ1) is 14.0. The number of benzene rings is 2. The van der Waals surface area contributed by atoms with E-state index in [4.69, 9.17) is 17.3 Å². The Morgan fingerprint density at radius 1 is 1.10 bits per heavy atom. The molecule has 2 atom stereocenters. The summed E-state index contributed by atoms with van der Waals surface area (Å²) in [7, 11) is 4.05. The second kappa shape index (κ2) is 8.83. The molecule has 6 nitrogen and oxygen atoms in total. The van der Waals surface area contributed by atoms with Crippen molar-refractivity contribution in [3.05, 3.63) is 59.1 Å². The number of nitrogens with zero attached hydrogens (tertiary/aromatic N) is 4. The van der Waals surface area contributed by atoms with Crippen LogP contribution in [0.5, 0.6) is 0 Å². The van der Waals surface area contributed by atoms with Gasteiger partial charge in [0.2, 0.25) is 0 Å². The molecule has 3 aromatic rings. The van der Waals surface area contributed by atoms with Gasteiger partial charge in [-0.25, -0.2) is 0 Å². The van der Waals surface area contributed by atoms with Crippen molar-refractivity contribution < 1.29 is 0 Å². The van der Waals surface area contributed by atoms with Crippen molar-refractivity contribution in [2.75, 3.05) is 19.0 Å². The van der Waals surface area contributed by atoms with Crippen LogP contribution in [0.4, 0.5) is 5.69 Å². The van der Waals surface area contributed by atoms with Gasteiger partial charge in [-0.15, -0.1) is 10.2 Å². The number of nitrogens with one attached hydrogen (secondary N) is 1. The highest BCUT2D eigenvalue weighted by Crippen LogP contribution is 2.43. The van der Waals surface area contributed by atoms with E-state index in [9.17, 15) is 0 Å². The van der Waals surface area contributed by atoms with Gasteiger partial charge in [0.05, 0.1) is 15.6 Å². The first-order valence-electron chi connectivity index (χ1n) is 8.79. The predicted molar refractivity (Wildman–Crippen MR) is 126 cm³/mol. The number of thioether (sulfide) groups is 2. The van der Waals surface area contributed by atoms with E-state index in [-0.39, 0.29) is 10.6 Å². The summed E-state index contributed by atoms with van der Waals surface area (Å²) in [6.45, 7) is 0. The second-order valence-electron chi connectivity index (χ2n) is 6.50. The molecule has 3 N–H and O–H groups in total. The van der Waals surface area contributed by atoms with Crippen molar-refractivity contribution in [1.82, 2.24) is 15.6 Å². The standard InChI is InChI=1S/C19H19ClN6S3/c1-26(2)12-9-7-11(8-10-12)15-17(28-18(21)24-22-15)29-19-25-23-16(27-19)13-5-3-4-6-14(13)20/h3-10,15,17,22H,1-2H3,(H2,21,24)/t15-,17+/m0/s1. The highest BCUT2D eigenvalue weighted by molar-refractivity contribution is 8.25. The molecular weight excluding hydrogens is 444 g/mol. The zero-order chi connectivity index (χ0) is 20.4. The monoisotopic (exact) mass is 462 g/mol. The Kier molecular flexibility index (Phi) is 6.19. The maximum absolute atomic E-state index is 6.30. The van der Waals surface area contributed by atoms with Gasteiger partial charge in [-0.1, -0.05) is 76.8 Å². The van der Waals surface area contributed by atoms with E-state index >= 15 is 0 Å². The Labute approximate surface area is 186 Å². The number of hydrogen-bond donors (Lipinski definition) is 2. The molecule has 1 aromatic heterocycles. The van der Waals surface area contributed by atoms with Crippen LogP contribution < -0.4 is 16.1 Å². The molecule has 1 aliphatic rings. The Balaban J connectivity index is 1.56. The maximum atomic E-state index is 6.30. The molecule has 0 bridgehead atoms. The lowest BCUT2D eigenvalue weighted by Crippen LogP contribution is -2.33. The molecule has 0 aliphatic carbocycles. The van der Waals surface area contributed by atoms with Crippen LogP contribution in [0.2, 0.25) is 5.02 Å². The van der Waals surface area contributed by atoms with Gasteiger partial charge in [0.25, 0.3) is 0 Å². The number of aromatic nitrogens is 2. The molecular formula is C19H19ClN6S3. The third-order valence-electron chi connectivity index (χ3n) is 4.32. The third kappa shape index (κ3) is 4.63. The maximum Gasteiger partial charge on any atom is 0.178 e. The first-order valence-corrected chi connectivity index (χ1v) is 11.7. The molecule has 0 radical (unpaired) electrons. The second-order valence-corrected chi connectivity index (χ2v) is 10.7. The molecule has 4 rings (SSSR count). The lowest BCUT2D eigenvalue weighted by atomic mass is 10.1. The average molecular weight is 463 g/mol. The third-order valence-corrected chi connectivity index (χ3v) is 8.14. The quantitative estimate of drug-likeness (QED) is 0.571. The smallest absolute Gasteiger partial charge is 0.178 e. The normalized spacial score (nSPS) is 18.8. The Bertz CT molecular complexity index is 1020. The van der Waals surface area contributed by atoms with Gasteiger partial charge < -0.3 is 10.6 Å². The minimum Gasteiger partial charge on any atom is -0.378 e. The van der Waals surface area contributed by atoms with E-state index in [0.29, 0.717) is 10.2 Å². The molecule has 2 aromatic carbocycles. The molecule has 0 fully saturated rings. The summed E-state index contributed by atoms with van der Waals surface area (Å²) in [4.78, 5) is 2.08. The number of rotatable bonds is 5. The van der Waals surface area contributed by atoms with E-state index in [1.807, 2.05) is 38.4 Å². The van der Waals surface area contributed by atoms with Crippen molar-refractivity contribution in [3.63, 3.8) is 0 Å². The van der Waals surface area contributed by atoms with Crippen LogP contribution in [0.1, 0.15) is 11.6 Å². The van der Waals surface area contributed by atoms with Crippen LogP contribution in [-0.2, 0) is 0 Å². The first kappa shape index (κ1) is 20.3. The molecule has 29 heavy (non-hydrogen) atoms. The average Bonchev–Trinajstić information content (AvgIpc) is 3.17. The number of hydrogen-bond acceptors (Lipinski definition) is 9. The number of nitrogens with two attached hydrogens (primary N) is 1. The molecule has 0 spiro atoms. The zero-order valence-corrected chi connectivity index (χ0v) is 18.9. The lowest BCUT2D eigenvalue weighted by Gasteiger charge is -2.29. The largest absolute Gasteiger partial charge is 0.378 e. The summed E-state index contributed by atoms with van der Waals surface area (Å²) in [5.41, 5.74) is 12.4. The highest BCUT2D eigenvalue weighted by atomic mass is 35.5. The molecule has 10 heteroatoms. The Morgan fingerprint density at radius 3 is 2.59 bits per heavy atom. The highest BCUT2D eigenvalue weighted by Gasteiger charge is 2.30. The van der Waals surface area contributed by atoms with Crippen molar-refractivity contribution in [3.8, 4) is 10.6 Å². The minimum atomic E-state index is 0.00109. The van der Waals surface area contributed by atoms with Crippen LogP contribution in [-0.4, -0.2) is 34.0 Å².